The van der Waals surface area contributed by atoms with E-state index in [2.05, 4.69) is 6.58 Å². The summed E-state index contributed by atoms with van der Waals surface area (Å²) in [4.78, 5) is 0. The molecule has 0 spiro atoms. The van der Waals surface area contributed by atoms with E-state index in [1.807, 2.05) is 0 Å². The SMILES string of the molecule is C=CCOc1ccc(C(F)=C(F)c2cc3ccc(OCC=CC)c(F)c3c(F)c2F)cc1. The van der Waals surface area contributed by atoms with E-state index in [1.54, 1.807) is 19.1 Å². The zero-order valence-corrected chi connectivity index (χ0v) is 17.1. The quantitative estimate of drug-likeness (QED) is 0.202. The predicted octanol–water partition coefficient (Wildman–Crippen LogP) is 7.54. The van der Waals surface area contributed by atoms with Gasteiger partial charge in [-0.25, -0.2) is 22.0 Å². The van der Waals surface area contributed by atoms with Crippen molar-refractivity contribution in [1.29, 1.82) is 0 Å². The van der Waals surface area contributed by atoms with Crippen molar-refractivity contribution in [2.24, 2.45) is 0 Å². The van der Waals surface area contributed by atoms with E-state index < -0.39 is 40.1 Å². The Kier molecular flexibility index (Phi) is 7.30. The molecule has 0 unspecified atom stereocenters. The van der Waals surface area contributed by atoms with Gasteiger partial charge in [-0.05, 0) is 48.7 Å². The highest BCUT2D eigenvalue weighted by atomic mass is 19.2. The molecule has 7 heteroatoms. The molecule has 3 aromatic carbocycles. The molecule has 0 aliphatic heterocycles. The minimum absolute atomic E-state index is 0.0289. The Hall–Kier alpha value is -3.61. The topological polar surface area (TPSA) is 18.5 Å². The summed E-state index contributed by atoms with van der Waals surface area (Å²) in [6.07, 6.45) is 4.80. The van der Waals surface area contributed by atoms with Gasteiger partial charge in [-0.15, -0.1) is 0 Å². The molecule has 0 N–H and O–H groups in total. The Labute approximate surface area is 181 Å². The average Bonchev–Trinajstić information content (AvgIpc) is 2.80. The second-order valence-electron chi connectivity index (χ2n) is 6.66. The first-order valence-electron chi connectivity index (χ1n) is 9.63. The van der Waals surface area contributed by atoms with Crippen LogP contribution in [0.4, 0.5) is 22.0 Å². The van der Waals surface area contributed by atoms with Crippen LogP contribution < -0.4 is 9.47 Å². The standard InChI is InChI=1S/C25H19F5O2/c1-3-5-13-32-19-11-8-16-14-18(23(28)25(30)20(16)24(19)29)22(27)21(26)15-6-9-17(10-7-15)31-12-4-2/h3-11,14H,2,12-13H2,1H3. The molecule has 3 rings (SSSR count). The summed E-state index contributed by atoms with van der Waals surface area (Å²) < 4.78 is 83.9. The number of benzene rings is 3. The molecule has 0 saturated heterocycles. The molecule has 166 valence electrons. The highest BCUT2D eigenvalue weighted by molar-refractivity contribution is 5.91. The average molecular weight is 446 g/mol. The minimum Gasteiger partial charge on any atom is -0.490 e. The van der Waals surface area contributed by atoms with Crippen LogP contribution in [-0.2, 0) is 0 Å². The minimum atomic E-state index is -1.71. The third kappa shape index (κ3) is 4.66. The van der Waals surface area contributed by atoms with E-state index in [1.165, 1.54) is 42.5 Å². The van der Waals surface area contributed by atoms with E-state index in [9.17, 15) is 22.0 Å². The van der Waals surface area contributed by atoms with Gasteiger partial charge in [0, 0.05) is 5.56 Å². The molecule has 0 fully saturated rings. The first kappa shape index (κ1) is 23.1. The molecule has 0 aliphatic carbocycles. The summed E-state index contributed by atoms with van der Waals surface area (Å²) in [5.74, 6) is -7.38. The molecule has 0 aliphatic rings. The predicted molar refractivity (Wildman–Crippen MR) is 115 cm³/mol. The highest BCUT2D eigenvalue weighted by Crippen LogP contribution is 2.37. The zero-order valence-electron chi connectivity index (χ0n) is 17.1. The maximum absolute atomic E-state index is 14.8. The number of hydrogen-bond donors (Lipinski definition) is 0. The second-order valence-corrected chi connectivity index (χ2v) is 6.66. The van der Waals surface area contributed by atoms with Crippen molar-refractivity contribution < 1.29 is 31.4 Å². The van der Waals surface area contributed by atoms with Gasteiger partial charge in [0.05, 0.1) is 10.9 Å². The van der Waals surface area contributed by atoms with Gasteiger partial charge in [0.1, 0.15) is 19.0 Å². The lowest BCUT2D eigenvalue weighted by Crippen LogP contribution is -2.01. The third-order valence-corrected chi connectivity index (χ3v) is 4.56. The van der Waals surface area contributed by atoms with Crippen molar-refractivity contribution in [2.75, 3.05) is 13.2 Å². The highest BCUT2D eigenvalue weighted by Gasteiger charge is 2.23. The lowest BCUT2D eigenvalue weighted by molar-refractivity contribution is 0.342. The van der Waals surface area contributed by atoms with Gasteiger partial charge in [0.25, 0.3) is 0 Å². The van der Waals surface area contributed by atoms with Crippen LogP contribution in [0.1, 0.15) is 18.1 Å². The van der Waals surface area contributed by atoms with E-state index in [0.717, 1.165) is 6.07 Å². The van der Waals surface area contributed by atoms with Gasteiger partial charge >= 0.3 is 0 Å². The van der Waals surface area contributed by atoms with Crippen LogP contribution in [-0.4, -0.2) is 13.2 Å². The molecular weight excluding hydrogens is 427 g/mol. The number of halogens is 5. The van der Waals surface area contributed by atoms with E-state index >= 15 is 0 Å². The summed E-state index contributed by atoms with van der Waals surface area (Å²) in [5.41, 5.74) is -1.16. The van der Waals surface area contributed by atoms with Gasteiger partial charge < -0.3 is 9.47 Å². The van der Waals surface area contributed by atoms with E-state index in [-0.39, 0.29) is 29.9 Å². The number of ether oxygens (including phenoxy) is 2. The largest absolute Gasteiger partial charge is 0.490 e. The van der Waals surface area contributed by atoms with Crippen molar-refractivity contribution in [3.63, 3.8) is 0 Å². The molecule has 3 aromatic rings. The number of fused-ring (bicyclic) bond motifs is 1. The maximum Gasteiger partial charge on any atom is 0.175 e. The molecular formula is C25H19F5O2. The molecule has 0 heterocycles. The van der Waals surface area contributed by atoms with Gasteiger partial charge in [-0.2, -0.15) is 0 Å². The molecule has 0 saturated carbocycles. The van der Waals surface area contributed by atoms with Crippen LogP contribution in [0.5, 0.6) is 11.5 Å². The monoisotopic (exact) mass is 446 g/mol. The zero-order chi connectivity index (χ0) is 23.3. The number of rotatable bonds is 8. The van der Waals surface area contributed by atoms with Crippen LogP contribution >= 0.6 is 0 Å². The Morgan fingerprint density at radius 2 is 1.59 bits per heavy atom. The molecule has 0 aromatic heterocycles. The second kappa shape index (κ2) is 10.1. The first-order chi connectivity index (χ1) is 15.4. The van der Waals surface area contributed by atoms with Gasteiger partial charge in [0.15, 0.2) is 34.9 Å². The lowest BCUT2D eigenvalue weighted by Gasteiger charge is -2.11. The summed E-state index contributed by atoms with van der Waals surface area (Å²) in [5, 5.41) is -0.855. The Bertz CT molecular complexity index is 1200. The maximum atomic E-state index is 14.8. The summed E-state index contributed by atoms with van der Waals surface area (Å²) in [6.45, 7) is 5.50. The summed E-state index contributed by atoms with van der Waals surface area (Å²) in [6, 6.07) is 8.56. The molecule has 0 radical (unpaired) electrons. The van der Waals surface area contributed by atoms with E-state index in [0.29, 0.717) is 5.75 Å². The molecule has 0 atom stereocenters. The fraction of sp³-hybridized carbons (Fsp3) is 0.120. The van der Waals surface area contributed by atoms with Gasteiger partial charge in [-0.3, -0.25) is 0 Å². The first-order valence-corrected chi connectivity index (χ1v) is 9.63. The third-order valence-electron chi connectivity index (χ3n) is 4.56. The Morgan fingerprint density at radius 1 is 0.875 bits per heavy atom. The van der Waals surface area contributed by atoms with Crippen molar-refractivity contribution in [2.45, 2.75) is 6.92 Å². The van der Waals surface area contributed by atoms with Crippen LogP contribution in [0.2, 0.25) is 0 Å². The number of hydrogen-bond acceptors (Lipinski definition) is 2. The summed E-state index contributed by atoms with van der Waals surface area (Å²) in [7, 11) is 0. The molecule has 0 bridgehead atoms. The van der Waals surface area contributed by atoms with Crippen molar-refractivity contribution in [1.82, 2.24) is 0 Å². The van der Waals surface area contributed by atoms with Crippen LogP contribution in [0, 0.1) is 17.5 Å². The Balaban J connectivity index is 2.03. The fourth-order valence-electron chi connectivity index (χ4n) is 2.96. The fourth-order valence-corrected chi connectivity index (χ4v) is 2.96. The van der Waals surface area contributed by atoms with E-state index in [4.69, 9.17) is 9.47 Å². The number of allylic oxidation sites excluding steroid dienone is 1. The molecule has 0 amide bonds. The van der Waals surface area contributed by atoms with Crippen molar-refractivity contribution in [3.8, 4) is 11.5 Å². The van der Waals surface area contributed by atoms with Gasteiger partial charge in [-0.1, -0.05) is 30.9 Å². The Morgan fingerprint density at radius 3 is 2.25 bits per heavy atom. The molecule has 2 nitrogen and oxygen atoms in total. The summed E-state index contributed by atoms with van der Waals surface area (Å²) >= 11 is 0. The van der Waals surface area contributed by atoms with Crippen LogP contribution in [0.3, 0.4) is 0 Å². The lowest BCUT2D eigenvalue weighted by atomic mass is 10.0. The van der Waals surface area contributed by atoms with Crippen molar-refractivity contribution in [3.05, 3.63) is 95.9 Å². The van der Waals surface area contributed by atoms with Crippen molar-refractivity contribution >= 4 is 22.4 Å². The smallest absolute Gasteiger partial charge is 0.175 e. The normalized spacial score (nSPS) is 12.2. The van der Waals surface area contributed by atoms with Crippen LogP contribution in [0.25, 0.3) is 22.4 Å². The van der Waals surface area contributed by atoms with Crippen LogP contribution in [0.15, 0.2) is 67.3 Å². The molecule has 32 heavy (non-hydrogen) atoms. The van der Waals surface area contributed by atoms with Gasteiger partial charge in [0.2, 0.25) is 0 Å².